The summed E-state index contributed by atoms with van der Waals surface area (Å²) in [5, 5.41) is 10.0. The third kappa shape index (κ3) is 3.71. The van der Waals surface area contributed by atoms with Crippen LogP contribution in [0, 0.1) is 0 Å². The molecule has 0 unspecified atom stereocenters. The first-order chi connectivity index (χ1) is 11.3. The van der Waals surface area contributed by atoms with Crippen LogP contribution in [-0.2, 0) is 4.74 Å². The van der Waals surface area contributed by atoms with Gasteiger partial charge in [0.1, 0.15) is 6.10 Å². The molecule has 1 saturated carbocycles. The maximum absolute atomic E-state index is 12.8. The predicted molar refractivity (Wildman–Crippen MR) is 89.8 cm³/mol. The highest BCUT2D eigenvalue weighted by Gasteiger charge is 2.29. The largest absolute Gasteiger partial charge is 0.443 e. The van der Waals surface area contributed by atoms with Crippen molar-refractivity contribution in [2.75, 3.05) is 4.90 Å². The minimum Gasteiger partial charge on any atom is -0.443 e. The Morgan fingerprint density at radius 1 is 0.913 bits per heavy atom. The van der Waals surface area contributed by atoms with Gasteiger partial charge in [0.2, 0.25) is 0 Å². The molecule has 1 N–H and O–H groups in total. The summed E-state index contributed by atoms with van der Waals surface area (Å²) in [7, 11) is 0. The molecular weight excluding hydrogens is 290 g/mol. The van der Waals surface area contributed by atoms with Gasteiger partial charge in [0.05, 0.1) is 17.5 Å². The number of aliphatic hydroxyl groups excluding tert-OH is 1. The van der Waals surface area contributed by atoms with Crippen molar-refractivity contribution in [1.29, 1.82) is 0 Å². The lowest BCUT2D eigenvalue weighted by Gasteiger charge is -2.30. The molecule has 0 spiro atoms. The van der Waals surface area contributed by atoms with Gasteiger partial charge in [-0.25, -0.2) is 9.69 Å². The number of rotatable bonds is 3. The van der Waals surface area contributed by atoms with Gasteiger partial charge in [-0.2, -0.15) is 0 Å². The molecule has 3 rings (SSSR count). The summed E-state index contributed by atoms with van der Waals surface area (Å²) < 4.78 is 5.61. The Kier molecular flexibility index (Phi) is 4.93. The van der Waals surface area contributed by atoms with Crippen LogP contribution in [0.1, 0.15) is 25.7 Å². The van der Waals surface area contributed by atoms with E-state index in [1.54, 1.807) is 4.90 Å². The molecule has 0 saturated heterocycles. The Hall–Kier alpha value is -2.33. The van der Waals surface area contributed by atoms with E-state index in [1.165, 1.54) is 0 Å². The van der Waals surface area contributed by atoms with Crippen molar-refractivity contribution in [3.8, 4) is 0 Å². The Morgan fingerprint density at radius 2 is 1.43 bits per heavy atom. The van der Waals surface area contributed by atoms with Gasteiger partial charge >= 0.3 is 6.09 Å². The summed E-state index contributed by atoms with van der Waals surface area (Å²) >= 11 is 0. The zero-order valence-electron chi connectivity index (χ0n) is 13.0. The number of anilines is 2. The van der Waals surface area contributed by atoms with Crippen molar-refractivity contribution >= 4 is 17.5 Å². The van der Waals surface area contributed by atoms with Gasteiger partial charge in [-0.1, -0.05) is 42.8 Å². The Balaban J connectivity index is 1.85. The van der Waals surface area contributed by atoms with E-state index < -0.39 is 18.3 Å². The zero-order valence-corrected chi connectivity index (χ0v) is 13.0. The highest BCUT2D eigenvalue weighted by atomic mass is 16.6. The fourth-order valence-electron chi connectivity index (χ4n) is 2.91. The van der Waals surface area contributed by atoms with Crippen molar-refractivity contribution in [1.82, 2.24) is 0 Å². The third-order valence-electron chi connectivity index (χ3n) is 4.13. The molecule has 4 nitrogen and oxygen atoms in total. The molecule has 1 fully saturated rings. The number of carbonyl (C=O) groups excluding carboxylic acids is 1. The van der Waals surface area contributed by atoms with Crippen molar-refractivity contribution in [3.05, 3.63) is 60.7 Å². The van der Waals surface area contributed by atoms with Gasteiger partial charge in [-0.05, 0) is 43.5 Å². The van der Waals surface area contributed by atoms with Crippen LogP contribution < -0.4 is 4.90 Å². The van der Waals surface area contributed by atoms with Gasteiger partial charge in [0.15, 0.2) is 0 Å². The summed E-state index contributed by atoms with van der Waals surface area (Å²) in [4.78, 5) is 14.3. The maximum Gasteiger partial charge on any atom is 0.419 e. The summed E-state index contributed by atoms with van der Waals surface area (Å²) in [6.07, 6.45) is 1.92. The molecule has 4 heteroatoms. The Bertz CT molecular complexity index is 590. The first-order valence-electron chi connectivity index (χ1n) is 8.04. The predicted octanol–water partition coefficient (Wildman–Crippen LogP) is 4.26. The molecule has 2 atom stereocenters. The number of carbonyl (C=O) groups is 1. The molecule has 1 aliphatic carbocycles. The fourth-order valence-corrected chi connectivity index (χ4v) is 2.91. The second kappa shape index (κ2) is 7.29. The van der Waals surface area contributed by atoms with E-state index in [4.69, 9.17) is 4.74 Å². The van der Waals surface area contributed by atoms with Crippen LogP contribution in [0.25, 0.3) is 0 Å². The number of para-hydroxylation sites is 2. The van der Waals surface area contributed by atoms with Gasteiger partial charge in [-0.15, -0.1) is 0 Å². The number of amides is 1. The maximum atomic E-state index is 12.8. The van der Waals surface area contributed by atoms with Crippen LogP contribution in [0.5, 0.6) is 0 Å². The molecule has 2 aromatic rings. The van der Waals surface area contributed by atoms with Crippen molar-refractivity contribution in [2.24, 2.45) is 0 Å². The van der Waals surface area contributed by atoms with Crippen LogP contribution in [0.4, 0.5) is 16.2 Å². The van der Waals surface area contributed by atoms with Crippen LogP contribution in [-0.4, -0.2) is 23.4 Å². The SMILES string of the molecule is O=C(O[C@H]1CCCC[C@H]1O)N(c1ccccc1)c1ccccc1. The van der Waals surface area contributed by atoms with Gasteiger partial charge in [0, 0.05) is 0 Å². The summed E-state index contributed by atoms with van der Waals surface area (Å²) in [5.74, 6) is 0. The number of nitrogens with zero attached hydrogens (tertiary/aromatic N) is 1. The zero-order chi connectivity index (χ0) is 16.1. The molecular formula is C19H21NO3. The van der Waals surface area contributed by atoms with E-state index >= 15 is 0 Å². The lowest BCUT2D eigenvalue weighted by atomic mass is 9.95. The minimum atomic E-state index is -0.568. The van der Waals surface area contributed by atoms with Gasteiger partial charge in [0.25, 0.3) is 0 Å². The lowest BCUT2D eigenvalue weighted by molar-refractivity contribution is -0.0180. The van der Waals surface area contributed by atoms with E-state index in [-0.39, 0.29) is 0 Å². The van der Waals surface area contributed by atoms with E-state index in [0.717, 1.165) is 24.2 Å². The molecule has 0 aromatic heterocycles. The standard InChI is InChI=1S/C19H21NO3/c21-17-13-7-8-14-18(17)23-19(22)20(15-9-3-1-4-10-15)16-11-5-2-6-12-16/h1-6,9-12,17-18,21H,7-8,13-14H2/t17-,18+/m1/s1. The summed E-state index contributed by atoms with van der Waals surface area (Å²) in [5.41, 5.74) is 1.49. The molecule has 0 bridgehead atoms. The molecule has 23 heavy (non-hydrogen) atoms. The summed E-state index contributed by atoms with van der Waals surface area (Å²) in [6.45, 7) is 0. The molecule has 0 radical (unpaired) electrons. The van der Waals surface area contributed by atoms with Crippen LogP contribution in [0.3, 0.4) is 0 Å². The lowest BCUT2D eigenvalue weighted by Crippen LogP contribution is -2.38. The fraction of sp³-hybridized carbons (Fsp3) is 0.316. The Labute approximate surface area is 136 Å². The van der Waals surface area contributed by atoms with E-state index in [9.17, 15) is 9.90 Å². The van der Waals surface area contributed by atoms with Crippen molar-refractivity contribution in [3.63, 3.8) is 0 Å². The van der Waals surface area contributed by atoms with Crippen molar-refractivity contribution in [2.45, 2.75) is 37.9 Å². The van der Waals surface area contributed by atoms with Crippen LogP contribution in [0.2, 0.25) is 0 Å². The highest BCUT2D eigenvalue weighted by molar-refractivity contribution is 5.96. The summed E-state index contributed by atoms with van der Waals surface area (Å²) in [6, 6.07) is 18.8. The number of aliphatic hydroxyl groups is 1. The Morgan fingerprint density at radius 3 is 1.96 bits per heavy atom. The number of hydrogen-bond donors (Lipinski definition) is 1. The molecule has 0 aliphatic heterocycles. The third-order valence-corrected chi connectivity index (χ3v) is 4.13. The first-order valence-corrected chi connectivity index (χ1v) is 8.04. The second-order valence-corrected chi connectivity index (χ2v) is 5.78. The molecule has 0 heterocycles. The number of benzene rings is 2. The normalized spacial score (nSPS) is 20.7. The average molecular weight is 311 g/mol. The molecule has 1 aliphatic rings. The topological polar surface area (TPSA) is 49.8 Å². The smallest absolute Gasteiger partial charge is 0.419 e. The molecule has 2 aromatic carbocycles. The van der Waals surface area contributed by atoms with E-state index in [1.807, 2.05) is 60.7 Å². The van der Waals surface area contributed by atoms with E-state index in [2.05, 4.69) is 0 Å². The van der Waals surface area contributed by atoms with Gasteiger partial charge in [-0.3, -0.25) is 0 Å². The van der Waals surface area contributed by atoms with Gasteiger partial charge < -0.3 is 9.84 Å². The highest BCUT2D eigenvalue weighted by Crippen LogP contribution is 2.28. The molecule has 120 valence electrons. The minimum absolute atomic E-state index is 0.425. The second-order valence-electron chi connectivity index (χ2n) is 5.78. The van der Waals surface area contributed by atoms with Crippen LogP contribution >= 0.6 is 0 Å². The van der Waals surface area contributed by atoms with E-state index in [0.29, 0.717) is 12.8 Å². The number of hydrogen-bond acceptors (Lipinski definition) is 3. The van der Waals surface area contributed by atoms with Crippen LogP contribution in [0.15, 0.2) is 60.7 Å². The molecule has 1 amide bonds. The monoisotopic (exact) mass is 311 g/mol. The first kappa shape index (κ1) is 15.6. The average Bonchev–Trinajstić information content (AvgIpc) is 2.59. The quantitative estimate of drug-likeness (QED) is 0.921. The van der Waals surface area contributed by atoms with Crippen molar-refractivity contribution < 1.29 is 14.6 Å². The number of ether oxygens (including phenoxy) is 1.